The second kappa shape index (κ2) is 8.09. The molecule has 0 saturated carbocycles. The van der Waals surface area contributed by atoms with E-state index in [-0.39, 0.29) is 16.6 Å². The zero-order chi connectivity index (χ0) is 24.9. The molecule has 5 rings (SSSR count). The Kier molecular flexibility index (Phi) is 5.16. The maximum absolute atomic E-state index is 12.8. The number of rotatable bonds is 4. The first-order valence-electron chi connectivity index (χ1n) is 11.2. The van der Waals surface area contributed by atoms with Crippen LogP contribution in [0.2, 0.25) is 0 Å². The third kappa shape index (κ3) is 4.03. The van der Waals surface area contributed by atoms with Crippen LogP contribution in [0.15, 0.2) is 60.8 Å². The third-order valence-electron chi connectivity index (χ3n) is 5.82. The van der Waals surface area contributed by atoms with Gasteiger partial charge in [-0.15, -0.1) is 0 Å². The first kappa shape index (κ1) is 22.3. The number of ether oxygens (including phenoxy) is 1. The first-order chi connectivity index (χ1) is 16.6. The summed E-state index contributed by atoms with van der Waals surface area (Å²) in [6, 6.07) is 16.6. The van der Waals surface area contributed by atoms with Crippen LogP contribution in [0.3, 0.4) is 0 Å². The number of aryl methyl sites for hydroxylation is 1. The average molecular weight is 469 g/mol. The Labute approximate surface area is 201 Å². The lowest BCUT2D eigenvalue weighted by molar-refractivity contribution is -0.383. The summed E-state index contributed by atoms with van der Waals surface area (Å²) in [6.45, 7) is 7.24. The van der Waals surface area contributed by atoms with Gasteiger partial charge in [-0.1, -0.05) is 18.2 Å². The number of nitrogens with zero attached hydrogens (tertiary/aromatic N) is 2. The molecule has 3 aromatic carbocycles. The second-order valence-corrected chi connectivity index (χ2v) is 9.48. The standard InChI is InChI=1S/C27H24N4O4/c1-15-8-10-19-18(24(15)31(33)34)12-13-28-25(19)29-16-9-11-22-21(14-16)17-6-5-7-20(23(17)30-22)26(32)35-27(2,3)4/h5-14,30H,1-4H3,(H,28,29). The van der Waals surface area contributed by atoms with Crippen molar-refractivity contribution in [3.05, 3.63) is 82.0 Å². The van der Waals surface area contributed by atoms with Crippen LogP contribution in [0.1, 0.15) is 36.7 Å². The number of carbonyl (C=O) groups is 1. The number of esters is 1. The number of aromatic amines is 1. The van der Waals surface area contributed by atoms with Crippen molar-refractivity contribution in [1.29, 1.82) is 0 Å². The van der Waals surface area contributed by atoms with Gasteiger partial charge in [-0.2, -0.15) is 0 Å². The number of pyridine rings is 1. The Balaban J connectivity index is 1.58. The number of aromatic nitrogens is 2. The SMILES string of the molecule is Cc1ccc2c(Nc3ccc4[nH]c5c(C(=O)OC(C)(C)C)cccc5c4c3)nccc2c1[N+](=O)[O-]. The highest BCUT2D eigenvalue weighted by Gasteiger charge is 2.21. The largest absolute Gasteiger partial charge is 0.456 e. The smallest absolute Gasteiger partial charge is 0.340 e. The molecule has 176 valence electrons. The lowest BCUT2D eigenvalue weighted by atomic mass is 10.1. The molecule has 35 heavy (non-hydrogen) atoms. The fourth-order valence-electron chi connectivity index (χ4n) is 4.33. The van der Waals surface area contributed by atoms with Gasteiger partial charge in [0.1, 0.15) is 11.4 Å². The van der Waals surface area contributed by atoms with Gasteiger partial charge in [0.05, 0.1) is 21.4 Å². The summed E-state index contributed by atoms with van der Waals surface area (Å²) in [5, 5.41) is 17.9. The number of para-hydroxylation sites is 1. The molecule has 2 heterocycles. The number of fused-ring (bicyclic) bond motifs is 4. The van der Waals surface area contributed by atoms with Crippen LogP contribution >= 0.6 is 0 Å². The van der Waals surface area contributed by atoms with Crippen LogP contribution in [0.25, 0.3) is 32.6 Å². The number of hydrogen-bond donors (Lipinski definition) is 2. The van der Waals surface area contributed by atoms with Crippen molar-refractivity contribution in [2.75, 3.05) is 5.32 Å². The minimum Gasteiger partial charge on any atom is -0.456 e. The Morgan fingerprint density at radius 3 is 2.57 bits per heavy atom. The second-order valence-electron chi connectivity index (χ2n) is 9.48. The highest BCUT2D eigenvalue weighted by molar-refractivity contribution is 6.14. The lowest BCUT2D eigenvalue weighted by Crippen LogP contribution is -2.24. The highest BCUT2D eigenvalue weighted by Crippen LogP contribution is 2.35. The van der Waals surface area contributed by atoms with Gasteiger partial charge in [-0.25, -0.2) is 9.78 Å². The number of benzene rings is 3. The molecule has 0 fully saturated rings. The number of anilines is 2. The molecular weight excluding hydrogens is 444 g/mol. The van der Waals surface area contributed by atoms with Crippen molar-refractivity contribution < 1.29 is 14.5 Å². The number of nitro groups is 1. The van der Waals surface area contributed by atoms with Crippen LogP contribution < -0.4 is 5.32 Å². The fourth-order valence-corrected chi connectivity index (χ4v) is 4.33. The van der Waals surface area contributed by atoms with E-state index in [1.807, 2.05) is 57.2 Å². The molecule has 0 unspecified atom stereocenters. The van der Waals surface area contributed by atoms with Crippen molar-refractivity contribution in [2.24, 2.45) is 0 Å². The topological polar surface area (TPSA) is 110 Å². The van der Waals surface area contributed by atoms with Crippen LogP contribution in [-0.4, -0.2) is 26.5 Å². The minimum absolute atomic E-state index is 0.0784. The molecule has 0 radical (unpaired) electrons. The van der Waals surface area contributed by atoms with E-state index in [0.717, 1.165) is 22.0 Å². The monoisotopic (exact) mass is 468 g/mol. The zero-order valence-electron chi connectivity index (χ0n) is 19.8. The molecular formula is C27H24N4O4. The van der Waals surface area contributed by atoms with E-state index in [2.05, 4.69) is 15.3 Å². The van der Waals surface area contributed by atoms with E-state index in [4.69, 9.17) is 4.74 Å². The van der Waals surface area contributed by atoms with Gasteiger partial charge in [-0.05, 0) is 64.1 Å². The average Bonchev–Trinajstić information content (AvgIpc) is 3.15. The molecule has 0 aliphatic carbocycles. The molecule has 0 spiro atoms. The Bertz CT molecular complexity index is 1650. The van der Waals surface area contributed by atoms with E-state index in [9.17, 15) is 14.9 Å². The molecule has 0 atom stereocenters. The summed E-state index contributed by atoms with van der Waals surface area (Å²) in [5.74, 6) is 0.143. The van der Waals surface area contributed by atoms with Gasteiger partial charge >= 0.3 is 5.97 Å². The molecule has 8 heteroatoms. The van der Waals surface area contributed by atoms with Crippen molar-refractivity contribution in [3.8, 4) is 0 Å². The maximum atomic E-state index is 12.8. The van der Waals surface area contributed by atoms with Crippen molar-refractivity contribution in [1.82, 2.24) is 9.97 Å². The van der Waals surface area contributed by atoms with Crippen LogP contribution in [0.4, 0.5) is 17.2 Å². The summed E-state index contributed by atoms with van der Waals surface area (Å²) < 4.78 is 5.58. The van der Waals surface area contributed by atoms with Gasteiger partial charge < -0.3 is 15.0 Å². The van der Waals surface area contributed by atoms with Crippen LogP contribution in [0, 0.1) is 17.0 Å². The molecule has 0 amide bonds. The summed E-state index contributed by atoms with van der Waals surface area (Å²) >= 11 is 0. The number of nitro benzene ring substituents is 1. The Morgan fingerprint density at radius 1 is 1.03 bits per heavy atom. The summed E-state index contributed by atoms with van der Waals surface area (Å²) in [6.07, 6.45) is 1.56. The molecule has 0 saturated heterocycles. The zero-order valence-corrected chi connectivity index (χ0v) is 19.8. The quantitative estimate of drug-likeness (QED) is 0.171. The minimum atomic E-state index is -0.596. The molecule has 0 bridgehead atoms. The van der Waals surface area contributed by atoms with E-state index in [0.29, 0.717) is 33.2 Å². The Hall–Kier alpha value is -4.46. The van der Waals surface area contributed by atoms with E-state index in [1.54, 1.807) is 31.3 Å². The molecule has 2 aromatic heterocycles. The lowest BCUT2D eigenvalue weighted by Gasteiger charge is -2.19. The summed E-state index contributed by atoms with van der Waals surface area (Å²) in [7, 11) is 0. The third-order valence-corrected chi connectivity index (χ3v) is 5.82. The van der Waals surface area contributed by atoms with E-state index >= 15 is 0 Å². The first-order valence-corrected chi connectivity index (χ1v) is 11.2. The van der Waals surface area contributed by atoms with E-state index in [1.165, 1.54) is 0 Å². The predicted octanol–water partition coefficient (Wildman–Crippen LogP) is 6.78. The fraction of sp³-hybridized carbons (Fsp3) is 0.185. The number of H-pyrrole nitrogens is 1. The van der Waals surface area contributed by atoms with Crippen molar-refractivity contribution >= 4 is 55.7 Å². The molecule has 2 N–H and O–H groups in total. The van der Waals surface area contributed by atoms with Crippen molar-refractivity contribution in [2.45, 2.75) is 33.3 Å². The maximum Gasteiger partial charge on any atom is 0.340 e. The number of hydrogen-bond acceptors (Lipinski definition) is 6. The molecule has 0 aliphatic heterocycles. The van der Waals surface area contributed by atoms with E-state index < -0.39 is 5.60 Å². The molecule has 5 aromatic rings. The Morgan fingerprint density at radius 2 is 1.83 bits per heavy atom. The van der Waals surface area contributed by atoms with Gasteiger partial charge in [-0.3, -0.25) is 10.1 Å². The predicted molar refractivity (Wildman–Crippen MR) is 137 cm³/mol. The van der Waals surface area contributed by atoms with Crippen molar-refractivity contribution in [3.63, 3.8) is 0 Å². The van der Waals surface area contributed by atoms with Gasteiger partial charge in [0.15, 0.2) is 0 Å². The van der Waals surface area contributed by atoms with Gasteiger partial charge in [0.25, 0.3) is 5.69 Å². The normalized spacial score (nSPS) is 11.8. The summed E-state index contributed by atoms with van der Waals surface area (Å²) in [5.41, 5.74) is 2.91. The van der Waals surface area contributed by atoms with Crippen LogP contribution in [0.5, 0.6) is 0 Å². The molecule has 8 nitrogen and oxygen atoms in total. The van der Waals surface area contributed by atoms with Crippen LogP contribution in [-0.2, 0) is 4.74 Å². The molecule has 0 aliphatic rings. The highest BCUT2D eigenvalue weighted by atomic mass is 16.6. The summed E-state index contributed by atoms with van der Waals surface area (Å²) in [4.78, 5) is 31.8. The number of nitrogens with one attached hydrogen (secondary N) is 2. The van der Waals surface area contributed by atoms with Gasteiger partial charge in [0.2, 0.25) is 0 Å². The van der Waals surface area contributed by atoms with Gasteiger partial charge in [0, 0.05) is 39.1 Å². The number of carbonyl (C=O) groups excluding carboxylic acids is 1.